The van der Waals surface area contributed by atoms with Crippen molar-refractivity contribution in [1.82, 2.24) is 5.32 Å². The number of hydrogen-bond donors (Lipinski definition) is 2. The number of aliphatic carboxylic acids is 1. The van der Waals surface area contributed by atoms with Crippen LogP contribution in [0, 0.1) is 0 Å². The molecule has 0 radical (unpaired) electrons. The molecule has 0 heterocycles. The number of benzene rings is 1. The highest BCUT2D eigenvalue weighted by Crippen LogP contribution is 2.29. The number of carbonyl (C=O) groups is 1. The van der Waals surface area contributed by atoms with Gasteiger partial charge in [0, 0.05) is 6.04 Å². The maximum Gasteiger partial charge on any atom is 0.416 e. The molecule has 1 aromatic carbocycles. The minimum atomic E-state index is -4.34. The molecule has 0 saturated carbocycles. The fraction of sp³-hybridized carbons (Fsp3) is 0.500. The Morgan fingerprint density at radius 1 is 1.35 bits per heavy atom. The molecule has 0 aliphatic heterocycles. The van der Waals surface area contributed by atoms with Crippen molar-refractivity contribution in [3.8, 4) is 0 Å². The molecule has 0 bridgehead atoms. The number of carboxylic acids is 1. The Bertz CT molecular complexity index is 460. The highest BCUT2D eigenvalue weighted by Gasteiger charge is 2.30. The first kappa shape index (κ1) is 16.5. The average molecular weight is 289 g/mol. The van der Waals surface area contributed by atoms with E-state index >= 15 is 0 Å². The van der Waals surface area contributed by atoms with E-state index in [1.54, 1.807) is 6.07 Å². The van der Waals surface area contributed by atoms with Crippen molar-refractivity contribution in [3.63, 3.8) is 0 Å². The second kappa shape index (κ2) is 6.74. The lowest BCUT2D eigenvalue weighted by Gasteiger charge is -2.17. The molecule has 0 aliphatic rings. The topological polar surface area (TPSA) is 49.3 Å². The lowest BCUT2D eigenvalue weighted by atomic mass is 10.0. The molecule has 0 amide bonds. The van der Waals surface area contributed by atoms with E-state index in [4.69, 9.17) is 5.11 Å². The van der Waals surface area contributed by atoms with Crippen molar-refractivity contribution < 1.29 is 23.1 Å². The lowest BCUT2D eigenvalue weighted by molar-refractivity contribution is -0.139. The standard InChI is InChI=1S/C14H18F3NO2/c1-9(18-10(2)13(19)20)6-7-11-4-3-5-12(8-11)14(15,16)17/h3-5,8-10,18H,6-7H2,1-2H3,(H,19,20)/t9?,10-/m1/s1. The van der Waals surface area contributed by atoms with Crippen molar-refractivity contribution >= 4 is 5.97 Å². The third-order valence-corrected chi connectivity index (χ3v) is 3.03. The molecule has 3 nitrogen and oxygen atoms in total. The predicted molar refractivity (Wildman–Crippen MR) is 69.5 cm³/mol. The quantitative estimate of drug-likeness (QED) is 0.846. The zero-order chi connectivity index (χ0) is 15.3. The summed E-state index contributed by atoms with van der Waals surface area (Å²) in [7, 11) is 0. The Morgan fingerprint density at radius 2 is 2.00 bits per heavy atom. The maximum atomic E-state index is 12.5. The minimum absolute atomic E-state index is 0.0874. The number of aryl methyl sites for hydroxylation is 1. The van der Waals surface area contributed by atoms with Crippen molar-refractivity contribution in [3.05, 3.63) is 35.4 Å². The van der Waals surface area contributed by atoms with E-state index in [-0.39, 0.29) is 6.04 Å². The molecule has 1 unspecified atom stereocenters. The van der Waals surface area contributed by atoms with E-state index in [1.807, 2.05) is 6.92 Å². The molecule has 1 rings (SSSR count). The van der Waals surface area contributed by atoms with Crippen LogP contribution in [0.4, 0.5) is 13.2 Å². The van der Waals surface area contributed by atoms with E-state index in [0.717, 1.165) is 12.1 Å². The van der Waals surface area contributed by atoms with Gasteiger partial charge in [-0.1, -0.05) is 18.2 Å². The van der Waals surface area contributed by atoms with Crippen LogP contribution in [0.3, 0.4) is 0 Å². The second-order valence-corrected chi connectivity index (χ2v) is 4.86. The van der Waals surface area contributed by atoms with Gasteiger partial charge in [0.2, 0.25) is 0 Å². The third kappa shape index (κ3) is 5.21. The van der Waals surface area contributed by atoms with Crippen molar-refractivity contribution in [1.29, 1.82) is 0 Å². The van der Waals surface area contributed by atoms with Crippen LogP contribution in [-0.4, -0.2) is 23.2 Å². The largest absolute Gasteiger partial charge is 0.480 e. The summed E-state index contributed by atoms with van der Waals surface area (Å²) >= 11 is 0. The molecule has 2 atom stereocenters. The number of nitrogens with one attached hydrogen (secondary N) is 1. The van der Waals surface area contributed by atoms with Crippen LogP contribution in [-0.2, 0) is 17.4 Å². The Balaban J connectivity index is 2.56. The SMILES string of the molecule is CC(CCc1cccc(C(F)(F)F)c1)N[C@H](C)C(=O)O. The fourth-order valence-corrected chi connectivity index (χ4v) is 1.87. The van der Waals surface area contributed by atoms with Gasteiger partial charge in [0.25, 0.3) is 0 Å². The first-order valence-electron chi connectivity index (χ1n) is 6.35. The van der Waals surface area contributed by atoms with E-state index in [2.05, 4.69) is 5.32 Å². The highest BCUT2D eigenvalue weighted by atomic mass is 19.4. The van der Waals surface area contributed by atoms with Gasteiger partial charge in [0.15, 0.2) is 0 Å². The maximum absolute atomic E-state index is 12.5. The molecule has 0 spiro atoms. The molecule has 0 fully saturated rings. The van der Waals surface area contributed by atoms with Crippen molar-refractivity contribution in [2.24, 2.45) is 0 Å². The molecule has 0 aliphatic carbocycles. The summed E-state index contributed by atoms with van der Waals surface area (Å²) in [6.45, 7) is 3.34. The molecule has 0 aromatic heterocycles. The number of rotatable bonds is 6. The summed E-state index contributed by atoms with van der Waals surface area (Å²) in [6, 6.07) is 4.44. The molecule has 2 N–H and O–H groups in total. The van der Waals surface area contributed by atoms with Gasteiger partial charge in [0.1, 0.15) is 6.04 Å². The van der Waals surface area contributed by atoms with Gasteiger partial charge < -0.3 is 10.4 Å². The lowest BCUT2D eigenvalue weighted by Crippen LogP contribution is -2.40. The van der Waals surface area contributed by atoms with Gasteiger partial charge in [0.05, 0.1) is 5.56 Å². The summed E-state index contributed by atoms with van der Waals surface area (Å²) in [4.78, 5) is 10.7. The first-order valence-corrected chi connectivity index (χ1v) is 6.35. The van der Waals surface area contributed by atoms with Gasteiger partial charge in [-0.05, 0) is 38.3 Å². The van der Waals surface area contributed by atoms with Gasteiger partial charge in [-0.25, -0.2) is 0 Å². The van der Waals surface area contributed by atoms with Crippen LogP contribution in [0.15, 0.2) is 24.3 Å². The molecule has 112 valence electrons. The van der Waals surface area contributed by atoms with Gasteiger partial charge >= 0.3 is 12.1 Å². The Labute approximate surface area is 115 Å². The van der Waals surface area contributed by atoms with Crippen LogP contribution in [0.25, 0.3) is 0 Å². The monoisotopic (exact) mass is 289 g/mol. The highest BCUT2D eigenvalue weighted by molar-refractivity contribution is 5.72. The van der Waals surface area contributed by atoms with Crippen LogP contribution in [0.1, 0.15) is 31.4 Å². The van der Waals surface area contributed by atoms with E-state index in [1.165, 1.54) is 13.0 Å². The van der Waals surface area contributed by atoms with Crippen LogP contribution >= 0.6 is 0 Å². The molecule has 1 aromatic rings. The number of carboxylic acid groups (broad SMARTS) is 1. The molecular formula is C14H18F3NO2. The zero-order valence-corrected chi connectivity index (χ0v) is 11.4. The van der Waals surface area contributed by atoms with Crippen molar-refractivity contribution in [2.45, 2.75) is 44.9 Å². The Morgan fingerprint density at radius 3 is 2.55 bits per heavy atom. The fourth-order valence-electron chi connectivity index (χ4n) is 1.87. The summed E-state index contributed by atoms with van der Waals surface area (Å²) in [5.41, 5.74) is -0.0639. The second-order valence-electron chi connectivity index (χ2n) is 4.86. The van der Waals surface area contributed by atoms with E-state index in [0.29, 0.717) is 18.4 Å². The van der Waals surface area contributed by atoms with Gasteiger partial charge in [-0.2, -0.15) is 13.2 Å². The normalized spacial score (nSPS) is 14.8. The predicted octanol–water partition coefficient (Wildman–Crippen LogP) is 3.09. The van der Waals surface area contributed by atoms with Crippen LogP contribution < -0.4 is 5.32 Å². The molecule has 20 heavy (non-hydrogen) atoms. The molecule has 0 saturated heterocycles. The summed E-state index contributed by atoms with van der Waals surface area (Å²) < 4.78 is 37.6. The van der Waals surface area contributed by atoms with Crippen LogP contribution in [0.5, 0.6) is 0 Å². The van der Waals surface area contributed by atoms with Gasteiger partial charge in [-0.3, -0.25) is 4.79 Å². The number of halogens is 3. The molecular weight excluding hydrogens is 271 g/mol. The molecule has 6 heteroatoms. The first-order chi connectivity index (χ1) is 9.20. The zero-order valence-electron chi connectivity index (χ0n) is 11.4. The number of alkyl halides is 3. The van der Waals surface area contributed by atoms with Crippen LogP contribution in [0.2, 0.25) is 0 Å². The number of hydrogen-bond acceptors (Lipinski definition) is 2. The van der Waals surface area contributed by atoms with Gasteiger partial charge in [-0.15, -0.1) is 0 Å². The van der Waals surface area contributed by atoms with E-state index < -0.39 is 23.8 Å². The minimum Gasteiger partial charge on any atom is -0.480 e. The summed E-state index contributed by atoms with van der Waals surface area (Å²) in [5, 5.41) is 11.6. The average Bonchev–Trinajstić information content (AvgIpc) is 2.35. The summed E-state index contributed by atoms with van der Waals surface area (Å²) in [5.74, 6) is -0.948. The third-order valence-electron chi connectivity index (χ3n) is 3.03. The van der Waals surface area contributed by atoms with E-state index in [9.17, 15) is 18.0 Å². The Hall–Kier alpha value is -1.56. The smallest absolute Gasteiger partial charge is 0.416 e. The summed E-state index contributed by atoms with van der Waals surface area (Å²) in [6.07, 6.45) is -3.30. The Kier molecular flexibility index (Phi) is 5.56. The van der Waals surface area contributed by atoms with Crippen molar-refractivity contribution in [2.75, 3.05) is 0 Å².